The summed E-state index contributed by atoms with van der Waals surface area (Å²) in [6.45, 7) is 4.11. The highest BCUT2D eigenvalue weighted by Gasteiger charge is 2.27. The number of aromatic nitrogens is 1. The summed E-state index contributed by atoms with van der Waals surface area (Å²) in [7, 11) is 0. The van der Waals surface area contributed by atoms with E-state index in [0.29, 0.717) is 22.4 Å². The molecule has 0 unspecified atom stereocenters. The zero-order valence-corrected chi connectivity index (χ0v) is 12.9. The fourth-order valence-corrected chi connectivity index (χ4v) is 3.50. The maximum absolute atomic E-state index is 12.2. The first-order valence-electron chi connectivity index (χ1n) is 6.66. The van der Waals surface area contributed by atoms with Gasteiger partial charge in [0.2, 0.25) is 0 Å². The van der Waals surface area contributed by atoms with Gasteiger partial charge in [0.1, 0.15) is 0 Å². The van der Waals surface area contributed by atoms with Gasteiger partial charge in [-0.2, -0.15) is 0 Å². The first-order chi connectivity index (χ1) is 9.45. The summed E-state index contributed by atoms with van der Waals surface area (Å²) in [5.74, 6) is 0.603. The SMILES string of the molecule is Cc1cc2c(n1-c1cc(Cl)cc(Cl)c1)C[C@@H](C)CC2=O. The summed E-state index contributed by atoms with van der Waals surface area (Å²) >= 11 is 12.2. The third-order valence-corrected chi connectivity index (χ3v) is 4.20. The second-order valence-electron chi connectivity index (χ2n) is 5.55. The van der Waals surface area contributed by atoms with E-state index in [-0.39, 0.29) is 5.78 Å². The number of carbonyl (C=O) groups is 1. The van der Waals surface area contributed by atoms with E-state index >= 15 is 0 Å². The number of benzene rings is 1. The van der Waals surface area contributed by atoms with Crippen LogP contribution >= 0.6 is 23.2 Å². The number of Topliss-reactive ketones (excluding diaryl/α,β-unsaturated/α-hetero) is 1. The minimum atomic E-state index is 0.230. The van der Waals surface area contributed by atoms with Crippen molar-refractivity contribution in [2.45, 2.75) is 26.7 Å². The van der Waals surface area contributed by atoms with Crippen molar-refractivity contribution >= 4 is 29.0 Å². The van der Waals surface area contributed by atoms with E-state index < -0.39 is 0 Å². The van der Waals surface area contributed by atoms with Gasteiger partial charge in [0.15, 0.2) is 5.78 Å². The summed E-state index contributed by atoms with van der Waals surface area (Å²) < 4.78 is 2.10. The van der Waals surface area contributed by atoms with Gasteiger partial charge in [-0.05, 0) is 43.5 Å². The van der Waals surface area contributed by atoms with Crippen molar-refractivity contribution in [3.63, 3.8) is 0 Å². The van der Waals surface area contributed by atoms with Crippen LogP contribution in [0.2, 0.25) is 10.0 Å². The van der Waals surface area contributed by atoms with Gasteiger partial charge >= 0.3 is 0 Å². The second kappa shape index (κ2) is 4.94. The molecule has 0 N–H and O–H groups in total. The molecular weight excluding hydrogens is 293 g/mol. The highest BCUT2D eigenvalue weighted by Crippen LogP contribution is 2.32. The normalized spacial score (nSPS) is 18.2. The van der Waals surface area contributed by atoms with E-state index in [0.717, 1.165) is 29.1 Å². The Morgan fingerprint density at radius 3 is 2.40 bits per heavy atom. The monoisotopic (exact) mass is 307 g/mol. The Kier molecular flexibility index (Phi) is 3.39. The Morgan fingerprint density at radius 1 is 1.10 bits per heavy atom. The van der Waals surface area contributed by atoms with Gasteiger partial charge in [-0.25, -0.2) is 0 Å². The van der Waals surface area contributed by atoms with E-state index in [2.05, 4.69) is 11.5 Å². The molecule has 1 aliphatic rings. The molecule has 3 rings (SSSR count). The smallest absolute Gasteiger partial charge is 0.164 e. The Morgan fingerprint density at radius 2 is 1.75 bits per heavy atom. The zero-order chi connectivity index (χ0) is 14.4. The minimum Gasteiger partial charge on any atom is -0.317 e. The molecule has 0 fully saturated rings. The summed E-state index contributed by atoms with van der Waals surface area (Å²) in [4.78, 5) is 12.2. The fraction of sp³-hybridized carbons (Fsp3) is 0.312. The molecule has 1 atom stereocenters. The van der Waals surface area contributed by atoms with Gasteiger partial charge in [-0.15, -0.1) is 0 Å². The number of hydrogen-bond donors (Lipinski definition) is 0. The van der Waals surface area contributed by atoms with Gasteiger partial charge in [0, 0.05) is 39.1 Å². The van der Waals surface area contributed by atoms with Gasteiger partial charge < -0.3 is 4.57 Å². The van der Waals surface area contributed by atoms with E-state index in [4.69, 9.17) is 23.2 Å². The number of fused-ring (bicyclic) bond motifs is 1. The Balaban J connectivity index is 2.22. The van der Waals surface area contributed by atoms with E-state index in [1.165, 1.54) is 0 Å². The molecule has 0 saturated carbocycles. The van der Waals surface area contributed by atoms with Crippen molar-refractivity contribution < 1.29 is 4.79 Å². The maximum atomic E-state index is 12.2. The van der Waals surface area contributed by atoms with E-state index in [1.54, 1.807) is 6.07 Å². The molecule has 4 heteroatoms. The van der Waals surface area contributed by atoms with Crippen molar-refractivity contribution in [1.82, 2.24) is 4.57 Å². The quantitative estimate of drug-likeness (QED) is 0.737. The van der Waals surface area contributed by atoms with Crippen molar-refractivity contribution in [2.24, 2.45) is 5.92 Å². The largest absolute Gasteiger partial charge is 0.317 e. The van der Waals surface area contributed by atoms with Crippen LogP contribution in [0.25, 0.3) is 5.69 Å². The Bertz CT molecular complexity index is 682. The van der Waals surface area contributed by atoms with Crippen LogP contribution in [0.1, 0.15) is 35.1 Å². The summed E-state index contributed by atoms with van der Waals surface area (Å²) in [6.07, 6.45) is 1.53. The summed E-state index contributed by atoms with van der Waals surface area (Å²) in [6, 6.07) is 7.44. The first kappa shape index (κ1) is 13.7. The summed E-state index contributed by atoms with van der Waals surface area (Å²) in [5, 5.41) is 1.20. The van der Waals surface area contributed by atoms with Crippen LogP contribution in [-0.2, 0) is 6.42 Å². The van der Waals surface area contributed by atoms with Gasteiger partial charge in [-0.1, -0.05) is 30.1 Å². The average molecular weight is 308 g/mol. The number of rotatable bonds is 1. The molecule has 0 saturated heterocycles. The van der Waals surface area contributed by atoms with Crippen LogP contribution in [-0.4, -0.2) is 10.4 Å². The van der Waals surface area contributed by atoms with Crippen LogP contribution in [0.3, 0.4) is 0 Å². The van der Waals surface area contributed by atoms with Crippen LogP contribution in [0, 0.1) is 12.8 Å². The lowest BCUT2D eigenvalue weighted by atomic mass is 9.88. The molecule has 20 heavy (non-hydrogen) atoms. The number of halogens is 2. The fourth-order valence-electron chi connectivity index (χ4n) is 2.99. The number of carbonyl (C=O) groups excluding carboxylic acids is 1. The molecule has 2 nitrogen and oxygen atoms in total. The first-order valence-corrected chi connectivity index (χ1v) is 7.42. The second-order valence-corrected chi connectivity index (χ2v) is 6.42. The molecule has 2 aromatic rings. The lowest BCUT2D eigenvalue weighted by molar-refractivity contribution is 0.0952. The molecule has 1 aliphatic carbocycles. The van der Waals surface area contributed by atoms with Crippen LogP contribution in [0.15, 0.2) is 24.3 Å². The Hall–Kier alpha value is -1.25. The summed E-state index contributed by atoms with van der Waals surface area (Å²) in [5.41, 5.74) is 3.88. The predicted molar refractivity (Wildman–Crippen MR) is 82.3 cm³/mol. The number of ketones is 1. The molecule has 1 aromatic carbocycles. The third-order valence-electron chi connectivity index (χ3n) is 3.77. The molecule has 0 aliphatic heterocycles. The lowest BCUT2D eigenvalue weighted by Gasteiger charge is -2.21. The molecule has 0 bridgehead atoms. The highest BCUT2D eigenvalue weighted by atomic mass is 35.5. The molecule has 0 radical (unpaired) electrons. The van der Waals surface area contributed by atoms with Crippen molar-refractivity contribution in [3.8, 4) is 5.69 Å². The van der Waals surface area contributed by atoms with E-state index in [9.17, 15) is 4.79 Å². The molecule has 1 heterocycles. The number of nitrogens with zero attached hydrogens (tertiary/aromatic N) is 1. The molecule has 0 spiro atoms. The third kappa shape index (κ3) is 2.27. The maximum Gasteiger partial charge on any atom is 0.164 e. The van der Waals surface area contributed by atoms with Gasteiger partial charge in [0.05, 0.1) is 0 Å². The van der Waals surface area contributed by atoms with Crippen LogP contribution < -0.4 is 0 Å². The lowest BCUT2D eigenvalue weighted by Crippen LogP contribution is -2.19. The predicted octanol–water partition coefficient (Wildman–Crippen LogP) is 4.86. The zero-order valence-electron chi connectivity index (χ0n) is 11.4. The molecule has 0 amide bonds. The highest BCUT2D eigenvalue weighted by molar-refractivity contribution is 6.34. The van der Waals surface area contributed by atoms with Crippen LogP contribution in [0.5, 0.6) is 0 Å². The van der Waals surface area contributed by atoms with Crippen molar-refractivity contribution in [3.05, 3.63) is 51.3 Å². The Labute approximate surface area is 128 Å². The number of hydrogen-bond acceptors (Lipinski definition) is 1. The minimum absolute atomic E-state index is 0.230. The van der Waals surface area contributed by atoms with Gasteiger partial charge in [-0.3, -0.25) is 4.79 Å². The van der Waals surface area contributed by atoms with E-state index in [1.807, 2.05) is 25.1 Å². The molecule has 104 valence electrons. The molecular formula is C16H15Cl2NO. The van der Waals surface area contributed by atoms with Crippen molar-refractivity contribution in [1.29, 1.82) is 0 Å². The van der Waals surface area contributed by atoms with Crippen LogP contribution in [0.4, 0.5) is 0 Å². The molecule has 1 aromatic heterocycles. The topological polar surface area (TPSA) is 22.0 Å². The average Bonchev–Trinajstić information content (AvgIpc) is 2.64. The number of aryl methyl sites for hydroxylation is 1. The van der Waals surface area contributed by atoms with Gasteiger partial charge in [0.25, 0.3) is 0 Å². The standard InChI is InChI=1S/C16H15Cl2NO/c1-9-3-15-14(16(20)4-9)5-10(2)19(15)13-7-11(17)6-12(18)8-13/h5-9H,3-4H2,1-2H3/t9-/m1/s1. The van der Waals surface area contributed by atoms with Crippen molar-refractivity contribution in [2.75, 3.05) is 0 Å².